The molecule has 0 spiro atoms. The third-order valence-electron chi connectivity index (χ3n) is 3.92. The molecule has 7 nitrogen and oxygen atoms in total. The van der Waals surface area contributed by atoms with Crippen LogP contribution in [0.25, 0.3) is 0 Å². The number of carbonyl (C=O) groups excluding carboxylic acids is 1. The maximum atomic E-state index is 12.3. The molecule has 7 heteroatoms. The van der Waals surface area contributed by atoms with Gasteiger partial charge in [0, 0.05) is 6.07 Å². The van der Waals surface area contributed by atoms with Crippen LogP contribution in [-0.2, 0) is 4.79 Å². The van der Waals surface area contributed by atoms with Gasteiger partial charge in [0.2, 0.25) is 5.91 Å². The van der Waals surface area contributed by atoms with Crippen LogP contribution in [0.2, 0.25) is 0 Å². The molecule has 0 aliphatic rings. The van der Waals surface area contributed by atoms with Crippen molar-refractivity contribution in [2.24, 2.45) is 0 Å². The Morgan fingerprint density at radius 3 is 2.46 bits per heavy atom. The van der Waals surface area contributed by atoms with E-state index in [2.05, 4.69) is 10.6 Å². The number of hydrogen-bond acceptors (Lipinski definition) is 5. The van der Waals surface area contributed by atoms with Crippen LogP contribution >= 0.6 is 0 Å². The first-order chi connectivity index (χ1) is 13.5. The summed E-state index contributed by atoms with van der Waals surface area (Å²) in [5.74, 6) is 0.848. The van der Waals surface area contributed by atoms with Gasteiger partial charge in [-0.15, -0.1) is 0 Å². The molecule has 3 aromatic rings. The standard InChI is InChI=1S/C21H19N3O4/c1-15-11-12-17(19(13-15)24(26)27)23-21(25)14-22-18-9-5-6-10-20(18)28-16-7-3-2-4-8-16/h2-13,22H,14H2,1H3,(H,23,25). The number of nitro groups is 1. The topological polar surface area (TPSA) is 93.5 Å². The molecule has 1 amide bonds. The van der Waals surface area contributed by atoms with Crippen LogP contribution in [0.1, 0.15) is 5.56 Å². The van der Waals surface area contributed by atoms with Crippen molar-refractivity contribution in [2.45, 2.75) is 6.92 Å². The van der Waals surface area contributed by atoms with E-state index >= 15 is 0 Å². The van der Waals surface area contributed by atoms with Crippen molar-refractivity contribution in [2.75, 3.05) is 17.2 Å². The number of anilines is 2. The maximum absolute atomic E-state index is 12.3. The molecule has 28 heavy (non-hydrogen) atoms. The largest absolute Gasteiger partial charge is 0.455 e. The number of amides is 1. The van der Waals surface area contributed by atoms with Crippen molar-refractivity contribution < 1.29 is 14.5 Å². The molecule has 0 atom stereocenters. The molecule has 0 fully saturated rings. The summed E-state index contributed by atoms with van der Waals surface area (Å²) in [4.78, 5) is 22.9. The molecule has 0 saturated carbocycles. The lowest BCUT2D eigenvalue weighted by atomic mass is 10.2. The Morgan fingerprint density at radius 1 is 1.00 bits per heavy atom. The number of benzene rings is 3. The summed E-state index contributed by atoms with van der Waals surface area (Å²) in [5, 5.41) is 16.8. The number of para-hydroxylation sites is 3. The first-order valence-corrected chi connectivity index (χ1v) is 8.63. The molecule has 2 N–H and O–H groups in total. The fraction of sp³-hybridized carbons (Fsp3) is 0.0952. The molecule has 0 unspecified atom stereocenters. The zero-order chi connectivity index (χ0) is 19.9. The van der Waals surface area contributed by atoms with Gasteiger partial charge in [0.1, 0.15) is 11.4 Å². The number of nitrogens with zero attached hydrogens (tertiary/aromatic N) is 1. The van der Waals surface area contributed by atoms with Gasteiger partial charge in [-0.1, -0.05) is 36.4 Å². The van der Waals surface area contributed by atoms with Crippen molar-refractivity contribution in [1.82, 2.24) is 0 Å². The fourth-order valence-corrected chi connectivity index (χ4v) is 2.59. The molecule has 3 rings (SSSR count). The quantitative estimate of drug-likeness (QED) is 0.458. The number of carbonyl (C=O) groups is 1. The van der Waals surface area contributed by atoms with Gasteiger partial charge in [-0.2, -0.15) is 0 Å². The average Bonchev–Trinajstić information content (AvgIpc) is 2.69. The van der Waals surface area contributed by atoms with Crippen LogP contribution in [0, 0.1) is 17.0 Å². The van der Waals surface area contributed by atoms with Crippen LogP contribution in [-0.4, -0.2) is 17.4 Å². The van der Waals surface area contributed by atoms with Crippen molar-refractivity contribution in [3.63, 3.8) is 0 Å². The highest BCUT2D eigenvalue weighted by atomic mass is 16.6. The van der Waals surface area contributed by atoms with Gasteiger partial charge >= 0.3 is 0 Å². The second-order valence-corrected chi connectivity index (χ2v) is 6.09. The van der Waals surface area contributed by atoms with E-state index in [4.69, 9.17) is 4.74 Å². The summed E-state index contributed by atoms with van der Waals surface area (Å²) in [6.45, 7) is 1.68. The SMILES string of the molecule is Cc1ccc(NC(=O)CNc2ccccc2Oc2ccccc2)c([N+](=O)[O-])c1. The van der Waals surface area contributed by atoms with Gasteiger partial charge in [0.05, 0.1) is 17.2 Å². The van der Waals surface area contributed by atoms with Crippen molar-refractivity contribution >= 4 is 23.0 Å². The van der Waals surface area contributed by atoms with E-state index in [-0.39, 0.29) is 17.9 Å². The van der Waals surface area contributed by atoms with E-state index in [1.165, 1.54) is 12.1 Å². The molecule has 3 aromatic carbocycles. The first-order valence-electron chi connectivity index (χ1n) is 8.63. The Kier molecular flexibility index (Phi) is 5.86. The fourth-order valence-electron chi connectivity index (χ4n) is 2.59. The van der Waals surface area contributed by atoms with Crippen LogP contribution in [0.15, 0.2) is 72.8 Å². The summed E-state index contributed by atoms with van der Waals surface area (Å²) in [6.07, 6.45) is 0. The van der Waals surface area contributed by atoms with Gasteiger partial charge in [-0.25, -0.2) is 0 Å². The molecule has 0 heterocycles. The highest BCUT2D eigenvalue weighted by Gasteiger charge is 2.16. The molecular formula is C21H19N3O4. The second kappa shape index (κ2) is 8.68. The summed E-state index contributed by atoms with van der Waals surface area (Å²) >= 11 is 0. The molecule has 0 bridgehead atoms. The molecule has 0 saturated heterocycles. The zero-order valence-corrected chi connectivity index (χ0v) is 15.2. The lowest BCUT2D eigenvalue weighted by molar-refractivity contribution is -0.384. The van der Waals surface area contributed by atoms with Gasteiger partial charge in [0.15, 0.2) is 5.75 Å². The number of hydrogen-bond donors (Lipinski definition) is 2. The minimum atomic E-state index is -0.515. The van der Waals surface area contributed by atoms with Gasteiger partial charge in [-0.3, -0.25) is 14.9 Å². The van der Waals surface area contributed by atoms with Gasteiger partial charge < -0.3 is 15.4 Å². The van der Waals surface area contributed by atoms with Crippen LogP contribution in [0.3, 0.4) is 0 Å². The Bertz CT molecular complexity index is 990. The van der Waals surface area contributed by atoms with Gasteiger partial charge in [0.25, 0.3) is 5.69 Å². The Morgan fingerprint density at radius 2 is 1.71 bits per heavy atom. The predicted octanol–water partition coefficient (Wildman–Crippen LogP) is 4.75. The molecule has 142 valence electrons. The van der Waals surface area contributed by atoms with Crippen LogP contribution in [0.4, 0.5) is 17.1 Å². The number of nitrogens with one attached hydrogen (secondary N) is 2. The summed E-state index contributed by atoms with van der Waals surface area (Å²) < 4.78 is 5.84. The predicted molar refractivity (Wildman–Crippen MR) is 108 cm³/mol. The Labute approximate surface area is 162 Å². The lowest BCUT2D eigenvalue weighted by Crippen LogP contribution is -2.22. The van der Waals surface area contributed by atoms with E-state index in [0.29, 0.717) is 17.2 Å². The lowest BCUT2D eigenvalue weighted by Gasteiger charge is -2.13. The number of rotatable bonds is 7. The summed E-state index contributed by atoms with van der Waals surface area (Å²) in [7, 11) is 0. The number of ether oxygens (including phenoxy) is 1. The van der Waals surface area contributed by atoms with E-state index < -0.39 is 10.8 Å². The second-order valence-electron chi connectivity index (χ2n) is 6.09. The maximum Gasteiger partial charge on any atom is 0.293 e. The highest BCUT2D eigenvalue weighted by Crippen LogP contribution is 2.29. The smallest absolute Gasteiger partial charge is 0.293 e. The molecule has 0 aliphatic heterocycles. The number of nitro benzene ring substituents is 1. The zero-order valence-electron chi connectivity index (χ0n) is 15.2. The summed E-state index contributed by atoms with van der Waals surface area (Å²) in [6, 6.07) is 21.2. The molecular weight excluding hydrogens is 358 g/mol. The van der Waals surface area contributed by atoms with Crippen molar-refractivity contribution in [3.05, 3.63) is 88.5 Å². The normalized spacial score (nSPS) is 10.2. The van der Waals surface area contributed by atoms with E-state index in [9.17, 15) is 14.9 Å². The number of aryl methyl sites for hydroxylation is 1. The van der Waals surface area contributed by atoms with Crippen LogP contribution < -0.4 is 15.4 Å². The molecule has 0 aromatic heterocycles. The third-order valence-corrected chi connectivity index (χ3v) is 3.92. The first kappa shape index (κ1) is 18.9. The van der Waals surface area contributed by atoms with E-state index in [1.807, 2.05) is 42.5 Å². The third kappa shape index (κ3) is 4.85. The Hall–Kier alpha value is -3.87. The minimum Gasteiger partial charge on any atom is -0.455 e. The van der Waals surface area contributed by atoms with Crippen LogP contribution in [0.5, 0.6) is 11.5 Å². The molecule has 0 radical (unpaired) electrons. The monoisotopic (exact) mass is 377 g/mol. The Balaban J connectivity index is 1.67. The van der Waals surface area contributed by atoms with Gasteiger partial charge in [-0.05, 0) is 42.8 Å². The van der Waals surface area contributed by atoms with E-state index in [1.54, 1.807) is 25.1 Å². The minimum absolute atomic E-state index is 0.0693. The molecule has 0 aliphatic carbocycles. The van der Waals surface area contributed by atoms with E-state index in [0.717, 1.165) is 5.56 Å². The van der Waals surface area contributed by atoms with Crippen molar-refractivity contribution in [1.29, 1.82) is 0 Å². The van der Waals surface area contributed by atoms with Crippen molar-refractivity contribution in [3.8, 4) is 11.5 Å². The highest BCUT2D eigenvalue weighted by molar-refractivity contribution is 5.96. The summed E-state index contributed by atoms with van der Waals surface area (Å²) in [5.41, 5.74) is 1.41. The average molecular weight is 377 g/mol.